The molecular formula is C16H15Br2N5OS. The van der Waals surface area contributed by atoms with Crippen LogP contribution < -0.4 is 5.32 Å². The SMILES string of the molecule is Cc1cc(Br)c(NC(=O)CSc2nc3nc(C)cc(C)n3n2)c(Br)c1. The lowest BCUT2D eigenvalue weighted by molar-refractivity contribution is -0.113. The lowest BCUT2D eigenvalue weighted by Gasteiger charge is -2.10. The third-order valence-electron chi connectivity index (χ3n) is 3.38. The maximum atomic E-state index is 12.3. The molecular weight excluding hydrogens is 470 g/mol. The summed E-state index contributed by atoms with van der Waals surface area (Å²) in [4.78, 5) is 21.0. The highest BCUT2D eigenvalue weighted by Crippen LogP contribution is 2.32. The quantitative estimate of drug-likeness (QED) is 0.558. The van der Waals surface area contributed by atoms with E-state index in [-0.39, 0.29) is 11.7 Å². The maximum absolute atomic E-state index is 12.3. The molecule has 2 aromatic heterocycles. The highest BCUT2D eigenvalue weighted by Gasteiger charge is 2.13. The number of benzene rings is 1. The average Bonchev–Trinajstić information content (AvgIpc) is 2.92. The number of thioether (sulfide) groups is 1. The summed E-state index contributed by atoms with van der Waals surface area (Å²) in [5.41, 5.74) is 3.66. The molecule has 0 radical (unpaired) electrons. The number of carbonyl (C=O) groups excluding carboxylic acids is 1. The number of hydrogen-bond donors (Lipinski definition) is 1. The Morgan fingerprint density at radius 3 is 2.52 bits per heavy atom. The van der Waals surface area contributed by atoms with E-state index in [1.165, 1.54) is 11.8 Å². The summed E-state index contributed by atoms with van der Waals surface area (Å²) in [7, 11) is 0. The van der Waals surface area contributed by atoms with Crippen LogP contribution in [-0.4, -0.2) is 31.2 Å². The van der Waals surface area contributed by atoms with Gasteiger partial charge in [-0.1, -0.05) is 11.8 Å². The number of nitrogens with one attached hydrogen (secondary N) is 1. The van der Waals surface area contributed by atoms with Gasteiger partial charge < -0.3 is 5.32 Å². The molecule has 0 bridgehead atoms. The molecule has 0 saturated carbocycles. The summed E-state index contributed by atoms with van der Waals surface area (Å²) < 4.78 is 3.35. The van der Waals surface area contributed by atoms with Crippen molar-refractivity contribution in [2.24, 2.45) is 0 Å². The maximum Gasteiger partial charge on any atom is 0.253 e. The normalized spacial score (nSPS) is 11.1. The third kappa shape index (κ3) is 4.21. The lowest BCUT2D eigenvalue weighted by Crippen LogP contribution is -2.15. The van der Waals surface area contributed by atoms with Gasteiger partial charge in [0.15, 0.2) is 0 Å². The summed E-state index contributed by atoms with van der Waals surface area (Å²) in [6, 6.07) is 5.84. The molecule has 6 nitrogen and oxygen atoms in total. The van der Waals surface area contributed by atoms with Crippen LogP contribution in [0.25, 0.3) is 5.78 Å². The van der Waals surface area contributed by atoms with Crippen LogP contribution in [0.15, 0.2) is 32.3 Å². The Labute approximate surface area is 166 Å². The van der Waals surface area contributed by atoms with Gasteiger partial charge in [-0.3, -0.25) is 4.79 Å². The summed E-state index contributed by atoms with van der Waals surface area (Å²) >= 11 is 8.22. The molecule has 25 heavy (non-hydrogen) atoms. The summed E-state index contributed by atoms with van der Waals surface area (Å²) in [5.74, 6) is 0.626. The topological polar surface area (TPSA) is 72.2 Å². The second-order valence-corrected chi connectivity index (χ2v) is 8.24. The van der Waals surface area contributed by atoms with Crippen LogP contribution in [0.1, 0.15) is 17.0 Å². The zero-order chi connectivity index (χ0) is 18.1. The van der Waals surface area contributed by atoms with E-state index in [4.69, 9.17) is 0 Å². The fraction of sp³-hybridized carbons (Fsp3) is 0.250. The zero-order valence-electron chi connectivity index (χ0n) is 13.8. The molecule has 9 heteroatoms. The van der Waals surface area contributed by atoms with Crippen molar-refractivity contribution in [1.29, 1.82) is 0 Å². The highest BCUT2D eigenvalue weighted by molar-refractivity contribution is 9.11. The van der Waals surface area contributed by atoms with Gasteiger partial charge in [0.25, 0.3) is 5.78 Å². The van der Waals surface area contributed by atoms with Crippen molar-refractivity contribution in [2.45, 2.75) is 25.9 Å². The van der Waals surface area contributed by atoms with Gasteiger partial charge in [-0.2, -0.15) is 4.98 Å². The molecule has 0 spiro atoms. The molecule has 0 fully saturated rings. The molecule has 130 valence electrons. The molecule has 0 aliphatic heterocycles. The first-order valence-corrected chi connectivity index (χ1v) is 10.00. The van der Waals surface area contributed by atoms with E-state index in [9.17, 15) is 4.79 Å². The Morgan fingerprint density at radius 2 is 1.84 bits per heavy atom. The minimum Gasteiger partial charge on any atom is -0.323 e. The largest absolute Gasteiger partial charge is 0.323 e. The first-order valence-electron chi connectivity index (χ1n) is 7.43. The van der Waals surface area contributed by atoms with Gasteiger partial charge in [-0.15, -0.1) is 5.10 Å². The van der Waals surface area contributed by atoms with Gasteiger partial charge in [0.05, 0.1) is 11.4 Å². The second-order valence-electron chi connectivity index (χ2n) is 5.59. The van der Waals surface area contributed by atoms with Crippen LogP contribution >= 0.6 is 43.6 Å². The molecule has 3 aromatic rings. The van der Waals surface area contributed by atoms with Crippen LogP contribution in [0.2, 0.25) is 0 Å². The Hall–Kier alpha value is -1.45. The minimum atomic E-state index is -0.130. The first-order chi connectivity index (χ1) is 11.8. The molecule has 3 rings (SSSR count). The lowest BCUT2D eigenvalue weighted by atomic mass is 10.2. The molecule has 1 N–H and O–H groups in total. The Bertz CT molecular complexity index is 950. The van der Waals surface area contributed by atoms with E-state index in [2.05, 4.69) is 52.2 Å². The molecule has 0 aliphatic carbocycles. The summed E-state index contributed by atoms with van der Waals surface area (Å²) in [5, 5.41) is 7.81. The smallest absolute Gasteiger partial charge is 0.253 e. The van der Waals surface area contributed by atoms with Gasteiger partial charge in [0.2, 0.25) is 11.1 Å². The van der Waals surface area contributed by atoms with Gasteiger partial charge in [0.1, 0.15) is 0 Å². The van der Waals surface area contributed by atoms with E-state index < -0.39 is 0 Å². The number of amides is 1. The summed E-state index contributed by atoms with van der Waals surface area (Å²) in [6.07, 6.45) is 0. The molecule has 0 unspecified atom stereocenters. The average molecular weight is 485 g/mol. The number of halogens is 2. The fourth-order valence-corrected chi connectivity index (χ4v) is 4.57. The number of anilines is 1. The van der Waals surface area contributed by atoms with Crippen LogP contribution in [0, 0.1) is 20.8 Å². The molecule has 2 heterocycles. The van der Waals surface area contributed by atoms with E-state index in [0.29, 0.717) is 16.6 Å². The van der Waals surface area contributed by atoms with Crippen molar-refractivity contribution in [3.8, 4) is 0 Å². The molecule has 1 aromatic carbocycles. The molecule has 1 amide bonds. The van der Waals surface area contributed by atoms with Crippen molar-refractivity contribution in [2.75, 3.05) is 11.1 Å². The van der Waals surface area contributed by atoms with Crippen molar-refractivity contribution < 1.29 is 4.79 Å². The van der Waals surface area contributed by atoms with E-state index >= 15 is 0 Å². The number of fused-ring (bicyclic) bond motifs is 1. The van der Waals surface area contributed by atoms with Crippen molar-refractivity contribution >= 4 is 61.0 Å². The number of nitrogens with zero attached hydrogens (tertiary/aromatic N) is 4. The third-order valence-corrected chi connectivity index (χ3v) is 5.47. The van der Waals surface area contributed by atoms with Crippen molar-refractivity contribution in [1.82, 2.24) is 19.6 Å². The van der Waals surface area contributed by atoms with Gasteiger partial charge in [-0.25, -0.2) is 9.50 Å². The van der Waals surface area contributed by atoms with E-state index in [1.54, 1.807) is 4.52 Å². The van der Waals surface area contributed by atoms with Crippen molar-refractivity contribution in [3.05, 3.63) is 44.1 Å². The zero-order valence-corrected chi connectivity index (χ0v) is 17.8. The Morgan fingerprint density at radius 1 is 1.16 bits per heavy atom. The minimum absolute atomic E-state index is 0.130. The summed E-state index contributed by atoms with van der Waals surface area (Å²) in [6.45, 7) is 5.85. The standard InChI is InChI=1S/C16H15Br2N5OS/c1-8-4-11(17)14(12(18)5-8)20-13(24)7-25-16-21-15-19-9(2)6-10(3)23(15)22-16/h4-6H,7H2,1-3H3,(H,20,24). The van der Waals surface area contributed by atoms with E-state index in [0.717, 1.165) is 25.9 Å². The Balaban J connectivity index is 1.70. The van der Waals surface area contributed by atoms with Crippen LogP contribution in [0.4, 0.5) is 5.69 Å². The van der Waals surface area contributed by atoms with Crippen molar-refractivity contribution in [3.63, 3.8) is 0 Å². The number of rotatable bonds is 4. The predicted octanol–water partition coefficient (Wildman–Crippen LogP) is 4.31. The number of hydrogen-bond acceptors (Lipinski definition) is 5. The first kappa shape index (κ1) is 18.3. The van der Waals surface area contributed by atoms with Gasteiger partial charge in [0, 0.05) is 20.3 Å². The van der Waals surface area contributed by atoms with Gasteiger partial charge in [-0.05, 0) is 76.4 Å². The Kier molecular flexibility index (Phi) is 5.45. The second kappa shape index (κ2) is 7.43. The van der Waals surface area contributed by atoms with E-state index in [1.807, 2.05) is 39.0 Å². The van der Waals surface area contributed by atoms with Crippen LogP contribution in [0.5, 0.6) is 0 Å². The molecule has 0 atom stereocenters. The predicted molar refractivity (Wildman–Crippen MR) is 106 cm³/mol. The number of carbonyl (C=O) groups is 1. The molecule has 0 aliphatic rings. The monoisotopic (exact) mass is 483 g/mol. The van der Waals surface area contributed by atoms with Gasteiger partial charge >= 0.3 is 0 Å². The number of aryl methyl sites for hydroxylation is 3. The van der Waals surface area contributed by atoms with Crippen LogP contribution in [0.3, 0.4) is 0 Å². The number of aromatic nitrogens is 4. The van der Waals surface area contributed by atoms with Crippen LogP contribution in [-0.2, 0) is 4.79 Å². The highest BCUT2D eigenvalue weighted by atomic mass is 79.9. The molecule has 0 saturated heterocycles. The fourth-order valence-electron chi connectivity index (χ4n) is 2.33.